The quantitative estimate of drug-likeness (QED) is 0.326. The molecular weight excluding hydrogens is 546 g/mol. The van der Waals surface area contributed by atoms with E-state index in [1.165, 1.54) is 0 Å². The van der Waals surface area contributed by atoms with Gasteiger partial charge in [-0.25, -0.2) is 9.59 Å². The SMILES string of the molecule is CCCCOC(=O)n1nc(NC(=O)[C@@H]2CCCN(C(=O)OC(C)(C)C)C2)c2cc(-c3cc(C#N)ccc3Cl)ccc21. The van der Waals surface area contributed by atoms with Gasteiger partial charge in [-0.05, 0) is 75.9 Å². The van der Waals surface area contributed by atoms with Crippen LogP contribution in [0.4, 0.5) is 15.4 Å². The number of hydrogen-bond acceptors (Lipinski definition) is 7. The van der Waals surface area contributed by atoms with E-state index >= 15 is 0 Å². The molecule has 0 bridgehead atoms. The molecule has 1 N–H and O–H groups in total. The van der Waals surface area contributed by atoms with E-state index in [-0.39, 0.29) is 24.9 Å². The molecular formula is C30H34ClN5O5. The molecule has 41 heavy (non-hydrogen) atoms. The summed E-state index contributed by atoms with van der Waals surface area (Å²) < 4.78 is 12.0. The number of nitriles is 1. The molecule has 2 amide bonds. The molecule has 2 heterocycles. The Balaban J connectivity index is 1.66. The number of likely N-dealkylation sites (tertiary alicyclic amines) is 1. The molecule has 1 aromatic heterocycles. The maximum absolute atomic E-state index is 13.4. The Morgan fingerprint density at radius 3 is 2.66 bits per heavy atom. The van der Waals surface area contributed by atoms with Gasteiger partial charge in [-0.15, -0.1) is 5.10 Å². The number of amides is 2. The highest BCUT2D eigenvalue weighted by molar-refractivity contribution is 6.33. The van der Waals surface area contributed by atoms with Crippen LogP contribution in [0.5, 0.6) is 0 Å². The molecule has 1 aliphatic rings. The molecule has 0 spiro atoms. The summed E-state index contributed by atoms with van der Waals surface area (Å²) >= 11 is 6.45. The normalized spacial score (nSPS) is 15.3. The summed E-state index contributed by atoms with van der Waals surface area (Å²) in [5.41, 5.74) is 1.56. The number of unbranched alkanes of at least 4 members (excludes halogenated alkanes) is 1. The van der Waals surface area contributed by atoms with Gasteiger partial charge in [-0.2, -0.15) is 9.94 Å². The first-order valence-electron chi connectivity index (χ1n) is 13.7. The number of aromatic nitrogens is 2. The second-order valence-corrected chi connectivity index (χ2v) is 11.4. The molecule has 216 valence electrons. The highest BCUT2D eigenvalue weighted by Gasteiger charge is 2.32. The number of fused-ring (bicyclic) bond motifs is 1. The Hall–Kier alpha value is -4.10. The number of carbonyl (C=O) groups excluding carboxylic acids is 3. The summed E-state index contributed by atoms with van der Waals surface area (Å²) in [7, 11) is 0. The van der Waals surface area contributed by atoms with Crippen molar-refractivity contribution < 1.29 is 23.9 Å². The minimum atomic E-state index is -0.657. The number of carbonyl (C=O) groups is 3. The van der Waals surface area contributed by atoms with Gasteiger partial charge in [-0.1, -0.05) is 31.0 Å². The van der Waals surface area contributed by atoms with Crippen molar-refractivity contribution in [3.63, 3.8) is 0 Å². The lowest BCUT2D eigenvalue weighted by Gasteiger charge is -2.33. The minimum absolute atomic E-state index is 0.182. The summed E-state index contributed by atoms with van der Waals surface area (Å²) in [6, 6.07) is 12.3. The van der Waals surface area contributed by atoms with E-state index in [1.807, 2.05) is 6.92 Å². The van der Waals surface area contributed by atoms with Crippen LogP contribution in [0.3, 0.4) is 0 Å². The minimum Gasteiger partial charge on any atom is -0.448 e. The third kappa shape index (κ3) is 7.16. The molecule has 0 radical (unpaired) electrons. The van der Waals surface area contributed by atoms with Gasteiger partial charge < -0.3 is 19.7 Å². The van der Waals surface area contributed by atoms with Gasteiger partial charge in [0.15, 0.2) is 5.82 Å². The average molecular weight is 580 g/mol. The molecule has 1 fully saturated rings. The second kappa shape index (κ2) is 12.6. The zero-order valence-corrected chi connectivity index (χ0v) is 24.5. The van der Waals surface area contributed by atoms with Gasteiger partial charge in [0.1, 0.15) is 5.60 Å². The molecule has 1 aliphatic heterocycles. The summed E-state index contributed by atoms with van der Waals surface area (Å²) in [4.78, 5) is 40.5. The van der Waals surface area contributed by atoms with E-state index in [4.69, 9.17) is 21.1 Å². The number of anilines is 1. The first-order valence-corrected chi connectivity index (χ1v) is 14.1. The Bertz CT molecular complexity index is 1500. The number of nitrogens with one attached hydrogen (secondary N) is 1. The number of benzene rings is 2. The highest BCUT2D eigenvalue weighted by Crippen LogP contribution is 2.34. The van der Waals surface area contributed by atoms with Gasteiger partial charge in [-0.3, -0.25) is 4.79 Å². The molecule has 1 saturated heterocycles. The number of hydrogen-bond donors (Lipinski definition) is 1. The topological polar surface area (TPSA) is 127 Å². The first-order chi connectivity index (χ1) is 19.5. The summed E-state index contributed by atoms with van der Waals surface area (Å²) in [6.45, 7) is 8.35. The number of rotatable bonds is 6. The predicted octanol–water partition coefficient (Wildman–Crippen LogP) is 6.60. The third-order valence-electron chi connectivity index (χ3n) is 6.67. The van der Waals surface area contributed by atoms with E-state index < -0.39 is 23.7 Å². The third-order valence-corrected chi connectivity index (χ3v) is 7.00. The van der Waals surface area contributed by atoms with Crippen LogP contribution in [0.1, 0.15) is 58.9 Å². The first kappa shape index (κ1) is 29.9. The van der Waals surface area contributed by atoms with Crippen molar-refractivity contribution in [1.29, 1.82) is 5.26 Å². The summed E-state index contributed by atoms with van der Waals surface area (Å²) in [5, 5.41) is 17.6. The predicted molar refractivity (Wildman–Crippen MR) is 156 cm³/mol. The lowest BCUT2D eigenvalue weighted by atomic mass is 9.97. The number of piperidine rings is 1. The van der Waals surface area contributed by atoms with Crippen molar-refractivity contribution in [2.45, 2.75) is 59.0 Å². The molecule has 0 unspecified atom stereocenters. The van der Waals surface area contributed by atoms with Crippen molar-refractivity contribution >= 4 is 46.4 Å². The smallest absolute Gasteiger partial charge is 0.435 e. The fourth-order valence-electron chi connectivity index (χ4n) is 4.60. The molecule has 1 atom stereocenters. The highest BCUT2D eigenvalue weighted by atomic mass is 35.5. The Labute approximate surface area is 244 Å². The van der Waals surface area contributed by atoms with Crippen molar-refractivity contribution in [3.8, 4) is 17.2 Å². The average Bonchev–Trinajstić information content (AvgIpc) is 3.30. The maximum Gasteiger partial charge on any atom is 0.435 e. The van der Waals surface area contributed by atoms with Crippen LogP contribution in [0.15, 0.2) is 36.4 Å². The summed E-state index contributed by atoms with van der Waals surface area (Å²) in [6.07, 6.45) is 1.69. The van der Waals surface area contributed by atoms with Crippen LogP contribution < -0.4 is 5.32 Å². The largest absolute Gasteiger partial charge is 0.448 e. The van der Waals surface area contributed by atoms with Gasteiger partial charge in [0.25, 0.3) is 0 Å². The Morgan fingerprint density at radius 2 is 1.95 bits per heavy atom. The molecule has 0 aliphatic carbocycles. The van der Waals surface area contributed by atoms with Crippen LogP contribution in [0.2, 0.25) is 5.02 Å². The summed E-state index contributed by atoms with van der Waals surface area (Å²) in [5.74, 6) is -0.627. The van der Waals surface area contributed by atoms with Crippen molar-refractivity contribution in [2.24, 2.45) is 5.92 Å². The molecule has 0 saturated carbocycles. The number of halogens is 1. The Morgan fingerprint density at radius 1 is 1.17 bits per heavy atom. The fourth-order valence-corrected chi connectivity index (χ4v) is 4.83. The van der Waals surface area contributed by atoms with Crippen molar-refractivity contribution in [1.82, 2.24) is 14.7 Å². The molecule has 11 heteroatoms. The van der Waals surface area contributed by atoms with Crippen molar-refractivity contribution in [3.05, 3.63) is 47.0 Å². The van der Waals surface area contributed by atoms with Crippen LogP contribution >= 0.6 is 11.6 Å². The van der Waals surface area contributed by atoms with Crippen LogP contribution in [0, 0.1) is 17.2 Å². The lowest BCUT2D eigenvalue weighted by molar-refractivity contribution is -0.121. The van der Waals surface area contributed by atoms with Crippen LogP contribution in [-0.2, 0) is 14.3 Å². The zero-order valence-electron chi connectivity index (χ0n) is 23.7. The maximum atomic E-state index is 13.4. The van der Waals surface area contributed by atoms with Gasteiger partial charge in [0.2, 0.25) is 5.91 Å². The van der Waals surface area contributed by atoms with E-state index in [2.05, 4.69) is 16.5 Å². The monoisotopic (exact) mass is 579 g/mol. The molecule has 4 rings (SSSR count). The van der Waals surface area contributed by atoms with Crippen LogP contribution in [0.25, 0.3) is 22.0 Å². The molecule has 2 aromatic carbocycles. The van der Waals surface area contributed by atoms with E-state index in [0.29, 0.717) is 58.4 Å². The number of nitrogens with zero attached hydrogens (tertiary/aromatic N) is 4. The van der Waals surface area contributed by atoms with Crippen molar-refractivity contribution in [2.75, 3.05) is 25.0 Å². The molecule has 10 nitrogen and oxygen atoms in total. The van der Waals surface area contributed by atoms with Gasteiger partial charge in [0, 0.05) is 29.1 Å². The standard InChI is InChI=1S/C30H34ClN5O5/c1-5-6-14-40-29(39)36-25-12-10-20(22-15-19(17-32)9-11-24(22)31)16-23(25)26(34-36)33-27(37)21-8-7-13-35(18-21)28(38)41-30(2,3)4/h9-12,15-16,21H,5-8,13-14,18H2,1-4H3,(H,33,34,37)/t21-/m1/s1. The zero-order chi connectivity index (χ0) is 29.7. The van der Waals surface area contributed by atoms with Gasteiger partial charge in [0.05, 0.1) is 29.7 Å². The van der Waals surface area contributed by atoms with Gasteiger partial charge >= 0.3 is 12.2 Å². The van der Waals surface area contributed by atoms with Crippen LogP contribution in [-0.4, -0.2) is 58.1 Å². The molecule has 3 aromatic rings. The number of ether oxygens (including phenoxy) is 2. The van der Waals surface area contributed by atoms with E-state index in [1.54, 1.807) is 62.1 Å². The van der Waals surface area contributed by atoms with E-state index in [9.17, 15) is 19.6 Å². The lowest BCUT2D eigenvalue weighted by Crippen LogP contribution is -2.45. The second-order valence-electron chi connectivity index (χ2n) is 11.0. The fraction of sp³-hybridized carbons (Fsp3) is 0.433. The van der Waals surface area contributed by atoms with E-state index in [0.717, 1.165) is 11.1 Å². The Kier molecular flexibility index (Phi) is 9.18.